The molecule has 0 radical (unpaired) electrons. The lowest BCUT2D eigenvalue weighted by Crippen LogP contribution is -2.93. The summed E-state index contributed by atoms with van der Waals surface area (Å²) in [6, 6.07) is 8.92. The van der Waals surface area contributed by atoms with Crippen molar-refractivity contribution in [1.82, 2.24) is 0 Å². The van der Waals surface area contributed by atoms with Gasteiger partial charge >= 0.3 is 0 Å². The first-order valence-corrected chi connectivity index (χ1v) is 11.2. The van der Waals surface area contributed by atoms with Crippen molar-refractivity contribution in [2.24, 2.45) is 40.9 Å². The fourth-order valence-electron chi connectivity index (χ4n) is 8.17. The summed E-state index contributed by atoms with van der Waals surface area (Å²) in [6.07, 6.45) is 0. The maximum absolute atomic E-state index is 12.9. The van der Waals surface area contributed by atoms with E-state index in [-0.39, 0.29) is 9.74 Å². The summed E-state index contributed by atoms with van der Waals surface area (Å²) in [4.78, 5) is 0.467. The lowest BCUT2D eigenvalue weighted by atomic mass is 9.13. The number of ether oxygens (including phenoxy) is 2. The van der Waals surface area contributed by atoms with Crippen molar-refractivity contribution in [3.8, 4) is 0 Å². The van der Waals surface area contributed by atoms with Crippen LogP contribution in [0.5, 0.6) is 0 Å². The van der Waals surface area contributed by atoms with Crippen molar-refractivity contribution < 1.29 is 17.9 Å². The van der Waals surface area contributed by atoms with Crippen molar-refractivity contribution in [1.29, 1.82) is 0 Å². The van der Waals surface area contributed by atoms with E-state index in [1.165, 1.54) is 0 Å². The van der Waals surface area contributed by atoms with Crippen LogP contribution in [0.4, 0.5) is 0 Å². The quantitative estimate of drug-likeness (QED) is 0.718. The lowest BCUT2D eigenvalue weighted by Gasteiger charge is -2.91. The molecule has 1 aromatic carbocycles. The molecule has 1 aromatic rings. The van der Waals surface area contributed by atoms with Gasteiger partial charge in [-0.25, -0.2) is 8.42 Å². The average molecular weight is 409 g/mol. The van der Waals surface area contributed by atoms with Gasteiger partial charge in [0.25, 0.3) is 0 Å². The highest BCUT2D eigenvalue weighted by molar-refractivity contribution is 9.10. The van der Waals surface area contributed by atoms with Gasteiger partial charge in [-0.2, -0.15) is 0 Å². The van der Waals surface area contributed by atoms with Crippen molar-refractivity contribution in [2.45, 2.75) is 15.0 Å². The SMILES string of the molecule is O=S(=O)(CC12C3[C@@H]4[C@H]1C1[C@@H]2[C@H]3C4(Br)C12OCCO2)c1ccccc1. The van der Waals surface area contributed by atoms with Crippen molar-refractivity contribution >= 4 is 25.8 Å². The first kappa shape index (κ1) is 13.7. The number of benzene rings is 1. The summed E-state index contributed by atoms with van der Waals surface area (Å²) in [5, 5.41) is 0. The molecule has 8 atom stereocenters. The second-order valence-corrected chi connectivity index (χ2v) is 11.8. The summed E-state index contributed by atoms with van der Waals surface area (Å²) >= 11 is 4.02. The zero-order valence-electron chi connectivity index (χ0n) is 12.9. The van der Waals surface area contributed by atoms with Gasteiger partial charge < -0.3 is 9.47 Å². The van der Waals surface area contributed by atoms with Crippen LogP contribution in [-0.4, -0.2) is 37.5 Å². The van der Waals surface area contributed by atoms with E-state index in [1.807, 2.05) is 6.07 Å². The highest BCUT2D eigenvalue weighted by atomic mass is 79.9. The van der Waals surface area contributed by atoms with Crippen LogP contribution in [0.2, 0.25) is 0 Å². The van der Waals surface area contributed by atoms with Crippen LogP contribution in [0.1, 0.15) is 0 Å². The predicted molar refractivity (Wildman–Crippen MR) is 88.2 cm³/mol. The van der Waals surface area contributed by atoms with Gasteiger partial charge in [0.2, 0.25) is 0 Å². The lowest BCUT2D eigenvalue weighted by molar-refractivity contribution is -0.429. The van der Waals surface area contributed by atoms with Crippen LogP contribution < -0.4 is 0 Å². The van der Waals surface area contributed by atoms with E-state index in [2.05, 4.69) is 15.9 Å². The van der Waals surface area contributed by atoms with E-state index in [0.29, 0.717) is 59.4 Å². The Balaban J connectivity index is 1.28. The molecule has 24 heavy (non-hydrogen) atoms. The zero-order valence-corrected chi connectivity index (χ0v) is 15.3. The molecule has 1 spiro atoms. The Kier molecular flexibility index (Phi) is 2.02. The van der Waals surface area contributed by atoms with Crippen LogP contribution in [0.15, 0.2) is 35.2 Å². The second kappa shape index (κ2) is 3.53. The number of halogens is 1. The van der Waals surface area contributed by atoms with Crippen LogP contribution in [0, 0.1) is 40.9 Å². The molecular formula is C18H17BrO4S. The molecule has 7 aliphatic rings. The smallest absolute Gasteiger partial charge is 0.187 e. The van der Waals surface area contributed by atoms with E-state index in [0.717, 1.165) is 0 Å². The molecular weight excluding hydrogens is 392 g/mol. The Hall–Kier alpha value is -0.430. The minimum atomic E-state index is -3.22. The molecule has 7 fully saturated rings. The molecule has 126 valence electrons. The molecule has 0 N–H and O–H groups in total. The molecule has 6 saturated carbocycles. The second-order valence-electron chi connectivity index (χ2n) is 8.47. The number of alkyl halides is 1. The molecule has 6 aliphatic carbocycles. The van der Waals surface area contributed by atoms with Crippen LogP contribution in [0.3, 0.4) is 0 Å². The van der Waals surface area contributed by atoms with E-state index >= 15 is 0 Å². The average Bonchev–Trinajstić information content (AvgIpc) is 3.12. The largest absolute Gasteiger partial charge is 0.346 e. The monoisotopic (exact) mass is 408 g/mol. The molecule has 1 saturated heterocycles. The summed E-state index contributed by atoms with van der Waals surface area (Å²) < 4.78 is 38.2. The molecule has 4 unspecified atom stereocenters. The topological polar surface area (TPSA) is 52.6 Å². The predicted octanol–water partition coefficient (Wildman–Crippen LogP) is 2.09. The summed E-state index contributed by atoms with van der Waals surface area (Å²) in [7, 11) is -3.22. The molecule has 0 aromatic heterocycles. The Morgan fingerprint density at radius 2 is 1.54 bits per heavy atom. The number of hydrogen-bond acceptors (Lipinski definition) is 4. The minimum Gasteiger partial charge on any atom is -0.346 e. The van der Waals surface area contributed by atoms with E-state index in [4.69, 9.17) is 9.47 Å². The maximum atomic E-state index is 12.9. The standard InChI is InChI=1S/C18H17BrO4S/c19-17-13-10-14(17)12-15(18(17)22-6-7-23-18)11(13)16(10,12)8-24(20,21)9-4-2-1-3-5-9/h1-5,10-15H,6-8H2/t10?,11-,12-,13-,14+,15?,16?,17?/m0/s1. The molecule has 0 amide bonds. The fourth-order valence-corrected chi connectivity index (χ4v) is 11.8. The third kappa shape index (κ3) is 0.959. The summed E-state index contributed by atoms with van der Waals surface area (Å²) in [6.45, 7) is 1.34. The van der Waals surface area contributed by atoms with Gasteiger partial charge in [-0.3, -0.25) is 0 Å². The van der Waals surface area contributed by atoms with Crippen LogP contribution in [0.25, 0.3) is 0 Å². The van der Waals surface area contributed by atoms with Crippen molar-refractivity contribution in [3.63, 3.8) is 0 Å². The summed E-state index contributed by atoms with van der Waals surface area (Å²) in [5.74, 6) is 2.88. The van der Waals surface area contributed by atoms with Gasteiger partial charge in [-0.05, 0) is 47.1 Å². The van der Waals surface area contributed by atoms with Gasteiger partial charge in [0.1, 0.15) is 0 Å². The van der Waals surface area contributed by atoms with E-state index < -0.39 is 15.6 Å². The van der Waals surface area contributed by atoms with Gasteiger partial charge in [0.15, 0.2) is 15.6 Å². The Morgan fingerprint density at radius 1 is 0.958 bits per heavy atom. The van der Waals surface area contributed by atoms with Gasteiger partial charge in [-0.15, -0.1) is 0 Å². The van der Waals surface area contributed by atoms with Gasteiger partial charge in [-0.1, -0.05) is 34.1 Å². The van der Waals surface area contributed by atoms with Crippen LogP contribution >= 0.6 is 15.9 Å². The third-order valence-electron chi connectivity index (χ3n) is 8.38. The molecule has 4 nitrogen and oxygen atoms in total. The molecule has 8 rings (SSSR count). The number of rotatable bonds is 3. The minimum absolute atomic E-state index is 0.0186. The molecule has 1 aliphatic heterocycles. The van der Waals surface area contributed by atoms with Crippen molar-refractivity contribution in [2.75, 3.05) is 19.0 Å². The Labute approximate surface area is 148 Å². The molecule has 1 heterocycles. The van der Waals surface area contributed by atoms with Crippen molar-refractivity contribution in [3.05, 3.63) is 30.3 Å². The number of sulfone groups is 1. The van der Waals surface area contributed by atoms with Crippen LogP contribution in [-0.2, 0) is 19.3 Å². The summed E-state index contributed by atoms with van der Waals surface area (Å²) in [5.41, 5.74) is 0.0186. The Morgan fingerprint density at radius 3 is 2.17 bits per heavy atom. The highest BCUT2D eigenvalue weighted by Gasteiger charge is 3.08. The Bertz CT molecular complexity index is 871. The third-order valence-corrected chi connectivity index (χ3v) is 11.9. The number of hydrogen-bond donors (Lipinski definition) is 0. The fraction of sp³-hybridized carbons (Fsp3) is 0.667. The van der Waals surface area contributed by atoms with Gasteiger partial charge in [0, 0.05) is 5.92 Å². The molecule has 6 heteroatoms. The van der Waals surface area contributed by atoms with E-state index in [1.54, 1.807) is 24.3 Å². The first-order chi connectivity index (χ1) is 11.5. The molecule has 2 bridgehead atoms. The van der Waals surface area contributed by atoms with Gasteiger partial charge in [0.05, 0.1) is 28.2 Å². The first-order valence-electron chi connectivity index (χ1n) is 8.75. The highest BCUT2D eigenvalue weighted by Crippen LogP contribution is 3.04. The maximum Gasteiger partial charge on any atom is 0.187 e. The van der Waals surface area contributed by atoms with E-state index in [9.17, 15) is 8.42 Å². The zero-order chi connectivity index (χ0) is 16.1. The normalized spacial score (nSPS) is 56.2.